The molecular formula is C19H24N6O2. The lowest BCUT2D eigenvalue weighted by atomic mass is 9.80. The van der Waals surface area contributed by atoms with Gasteiger partial charge in [-0.1, -0.05) is 6.92 Å². The summed E-state index contributed by atoms with van der Waals surface area (Å²) < 4.78 is 1.64. The van der Waals surface area contributed by atoms with Crippen LogP contribution < -0.4 is 4.90 Å². The number of aromatic nitrogens is 4. The Morgan fingerprint density at radius 1 is 1.26 bits per heavy atom. The molecule has 0 N–H and O–H groups in total. The van der Waals surface area contributed by atoms with Gasteiger partial charge in [-0.3, -0.25) is 19.2 Å². The molecule has 4 heterocycles. The van der Waals surface area contributed by atoms with Crippen molar-refractivity contribution in [2.75, 3.05) is 25.0 Å². The topological polar surface area (TPSA) is 84.2 Å². The molecule has 2 aliphatic heterocycles. The Morgan fingerprint density at radius 3 is 2.74 bits per heavy atom. The molecule has 4 rings (SSSR count). The van der Waals surface area contributed by atoms with Crippen molar-refractivity contribution in [1.82, 2.24) is 24.6 Å². The minimum Gasteiger partial charge on any atom is -0.338 e. The number of likely N-dealkylation sites (tertiary alicyclic amines) is 1. The number of carbonyl (C=O) groups excluding carboxylic acids is 2. The molecule has 0 bridgehead atoms. The number of fused-ring (bicyclic) bond motifs is 1. The Bertz CT molecular complexity index is 936. The van der Waals surface area contributed by atoms with Gasteiger partial charge in [0.1, 0.15) is 11.6 Å². The van der Waals surface area contributed by atoms with Crippen LogP contribution in [0.2, 0.25) is 0 Å². The second kappa shape index (κ2) is 6.14. The molecule has 8 heteroatoms. The number of hydrogen-bond acceptors (Lipinski definition) is 5. The van der Waals surface area contributed by atoms with Gasteiger partial charge < -0.3 is 4.90 Å². The molecule has 2 aliphatic rings. The summed E-state index contributed by atoms with van der Waals surface area (Å²) in [5, 5.41) is 4.10. The van der Waals surface area contributed by atoms with Crippen LogP contribution in [0.1, 0.15) is 47.2 Å². The van der Waals surface area contributed by atoms with Crippen LogP contribution in [-0.4, -0.2) is 56.6 Å². The van der Waals surface area contributed by atoms with Gasteiger partial charge in [0.05, 0.1) is 18.2 Å². The Balaban J connectivity index is 1.64. The molecule has 0 aliphatic carbocycles. The van der Waals surface area contributed by atoms with E-state index in [0.717, 1.165) is 24.1 Å². The molecule has 2 amide bonds. The third-order valence-electron chi connectivity index (χ3n) is 5.69. The Hall–Kier alpha value is -2.77. The molecule has 1 fully saturated rings. The Labute approximate surface area is 158 Å². The number of rotatable bonds is 2. The first kappa shape index (κ1) is 17.6. The number of likely N-dealkylation sites (N-methyl/N-ethyl adjacent to an activating group) is 1. The quantitative estimate of drug-likeness (QED) is 0.796. The van der Waals surface area contributed by atoms with Gasteiger partial charge in [-0.2, -0.15) is 5.10 Å². The van der Waals surface area contributed by atoms with E-state index in [0.29, 0.717) is 36.7 Å². The van der Waals surface area contributed by atoms with E-state index in [4.69, 9.17) is 9.97 Å². The van der Waals surface area contributed by atoms with Crippen molar-refractivity contribution in [3.05, 3.63) is 35.0 Å². The van der Waals surface area contributed by atoms with E-state index in [1.807, 2.05) is 11.8 Å². The summed E-state index contributed by atoms with van der Waals surface area (Å²) in [5.41, 5.74) is 2.01. The SMILES string of the molecule is Cc1nc(C2(C)CCCN(C(=O)c3cnn(C)c3)C2)nc2c1CC(=O)N2C. The number of hydrogen-bond donors (Lipinski definition) is 0. The first-order chi connectivity index (χ1) is 12.8. The number of anilines is 1. The van der Waals surface area contributed by atoms with Gasteiger partial charge in [-0.05, 0) is 19.8 Å². The minimum absolute atomic E-state index is 0.0146. The van der Waals surface area contributed by atoms with Gasteiger partial charge in [0, 0.05) is 50.1 Å². The molecule has 2 aromatic heterocycles. The molecule has 142 valence electrons. The average molecular weight is 368 g/mol. The van der Waals surface area contributed by atoms with E-state index >= 15 is 0 Å². The van der Waals surface area contributed by atoms with Crippen LogP contribution in [0.15, 0.2) is 12.4 Å². The zero-order chi connectivity index (χ0) is 19.3. The fourth-order valence-electron chi connectivity index (χ4n) is 4.03. The molecule has 0 radical (unpaired) electrons. The Morgan fingerprint density at radius 2 is 2.04 bits per heavy atom. The monoisotopic (exact) mass is 368 g/mol. The minimum atomic E-state index is -0.345. The molecule has 0 aromatic carbocycles. The molecular weight excluding hydrogens is 344 g/mol. The van der Waals surface area contributed by atoms with Crippen molar-refractivity contribution in [3.8, 4) is 0 Å². The molecule has 2 aromatic rings. The first-order valence-electron chi connectivity index (χ1n) is 9.21. The van der Waals surface area contributed by atoms with Crippen molar-refractivity contribution < 1.29 is 9.59 Å². The highest BCUT2D eigenvalue weighted by Gasteiger charge is 2.39. The van der Waals surface area contributed by atoms with E-state index in [2.05, 4.69) is 12.0 Å². The van der Waals surface area contributed by atoms with Crippen molar-refractivity contribution in [2.24, 2.45) is 7.05 Å². The van der Waals surface area contributed by atoms with Gasteiger partial charge >= 0.3 is 0 Å². The van der Waals surface area contributed by atoms with Crippen molar-refractivity contribution >= 4 is 17.6 Å². The van der Waals surface area contributed by atoms with Crippen LogP contribution >= 0.6 is 0 Å². The van der Waals surface area contributed by atoms with Crippen molar-refractivity contribution in [2.45, 2.75) is 38.5 Å². The largest absolute Gasteiger partial charge is 0.338 e. The lowest BCUT2D eigenvalue weighted by Gasteiger charge is -2.39. The molecule has 8 nitrogen and oxygen atoms in total. The zero-order valence-electron chi connectivity index (χ0n) is 16.2. The highest BCUT2D eigenvalue weighted by atomic mass is 16.2. The third-order valence-corrected chi connectivity index (χ3v) is 5.69. The van der Waals surface area contributed by atoms with E-state index in [-0.39, 0.29) is 17.2 Å². The van der Waals surface area contributed by atoms with Crippen LogP contribution in [0.3, 0.4) is 0 Å². The molecule has 27 heavy (non-hydrogen) atoms. The van der Waals surface area contributed by atoms with Crippen molar-refractivity contribution in [3.63, 3.8) is 0 Å². The fraction of sp³-hybridized carbons (Fsp3) is 0.526. The zero-order valence-corrected chi connectivity index (χ0v) is 16.2. The summed E-state index contributed by atoms with van der Waals surface area (Å²) in [6.45, 7) is 5.30. The van der Waals surface area contributed by atoms with E-state index in [1.54, 1.807) is 36.1 Å². The van der Waals surface area contributed by atoms with Crippen LogP contribution in [0, 0.1) is 6.92 Å². The lowest BCUT2D eigenvalue weighted by Crippen LogP contribution is -2.48. The number of aryl methyl sites for hydroxylation is 2. The van der Waals surface area contributed by atoms with Gasteiger partial charge in [-0.25, -0.2) is 9.97 Å². The summed E-state index contributed by atoms with van der Waals surface area (Å²) in [5.74, 6) is 1.45. The second-order valence-corrected chi connectivity index (χ2v) is 7.86. The normalized spacial score (nSPS) is 22.3. The van der Waals surface area contributed by atoms with Crippen LogP contribution in [0.4, 0.5) is 5.82 Å². The molecule has 1 unspecified atom stereocenters. The highest BCUT2D eigenvalue weighted by molar-refractivity contribution is 6.00. The lowest BCUT2D eigenvalue weighted by molar-refractivity contribution is -0.117. The molecule has 0 spiro atoms. The Kier molecular flexibility index (Phi) is 4.01. The van der Waals surface area contributed by atoms with Crippen LogP contribution in [-0.2, 0) is 23.7 Å². The number of amides is 2. The fourth-order valence-corrected chi connectivity index (χ4v) is 4.03. The van der Waals surface area contributed by atoms with Crippen molar-refractivity contribution in [1.29, 1.82) is 0 Å². The maximum Gasteiger partial charge on any atom is 0.257 e. The number of piperidine rings is 1. The van der Waals surface area contributed by atoms with E-state index in [1.165, 1.54) is 0 Å². The predicted molar refractivity (Wildman–Crippen MR) is 99.6 cm³/mol. The maximum absolute atomic E-state index is 12.9. The summed E-state index contributed by atoms with van der Waals surface area (Å²) in [6, 6.07) is 0. The van der Waals surface area contributed by atoms with Gasteiger partial charge in [0.15, 0.2) is 0 Å². The molecule has 1 saturated heterocycles. The first-order valence-corrected chi connectivity index (χ1v) is 9.21. The smallest absolute Gasteiger partial charge is 0.257 e. The molecule has 1 atom stereocenters. The summed E-state index contributed by atoms with van der Waals surface area (Å²) >= 11 is 0. The predicted octanol–water partition coefficient (Wildman–Crippen LogP) is 1.23. The van der Waals surface area contributed by atoms with Gasteiger partial charge in [0.25, 0.3) is 5.91 Å². The standard InChI is InChI=1S/C19H24N6O2/c1-12-14-8-15(26)24(4)16(14)22-18(21-12)19(2)6-5-7-25(11-19)17(27)13-9-20-23(3)10-13/h9-10H,5-8,11H2,1-4H3. The summed E-state index contributed by atoms with van der Waals surface area (Å²) in [4.78, 5) is 37.9. The number of carbonyl (C=O) groups is 2. The summed E-state index contributed by atoms with van der Waals surface area (Å²) in [7, 11) is 3.56. The van der Waals surface area contributed by atoms with Crippen LogP contribution in [0.5, 0.6) is 0 Å². The third kappa shape index (κ3) is 2.89. The summed E-state index contributed by atoms with van der Waals surface area (Å²) in [6.07, 6.45) is 5.49. The average Bonchev–Trinajstić information content (AvgIpc) is 3.19. The van der Waals surface area contributed by atoms with Crippen LogP contribution in [0.25, 0.3) is 0 Å². The maximum atomic E-state index is 12.9. The van der Waals surface area contributed by atoms with E-state index in [9.17, 15) is 9.59 Å². The van der Waals surface area contributed by atoms with Gasteiger partial charge in [-0.15, -0.1) is 0 Å². The molecule has 0 saturated carbocycles. The van der Waals surface area contributed by atoms with E-state index < -0.39 is 0 Å². The number of nitrogens with zero attached hydrogens (tertiary/aromatic N) is 6. The second-order valence-electron chi connectivity index (χ2n) is 7.86. The highest BCUT2D eigenvalue weighted by Crippen LogP contribution is 2.36. The van der Waals surface area contributed by atoms with Gasteiger partial charge in [0.2, 0.25) is 5.91 Å².